The van der Waals surface area contributed by atoms with Crippen LogP contribution in [0.2, 0.25) is 0 Å². The van der Waals surface area contributed by atoms with Crippen LogP contribution in [0.1, 0.15) is 37.3 Å². The lowest BCUT2D eigenvalue weighted by atomic mass is 9.96. The fourth-order valence-corrected chi connectivity index (χ4v) is 4.50. The van der Waals surface area contributed by atoms with Crippen LogP contribution in [-0.4, -0.2) is 54.5 Å². The zero-order valence-electron chi connectivity index (χ0n) is 18.7. The SMILES string of the molecule is CC(C)[C@@H](NC(=O)OCC1c2ccccc2-c2ccccc21)C(=O)NC1(C(=O)O)CCOC1. The summed E-state index contributed by atoms with van der Waals surface area (Å²) in [7, 11) is 0. The van der Waals surface area contributed by atoms with E-state index in [1.54, 1.807) is 13.8 Å². The Bertz CT molecular complexity index is 1010. The Morgan fingerprint density at radius 2 is 1.70 bits per heavy atom. The number of carbonyl (C=O) groups is 3. The molecular weight excluding hydrogens is 424 g/mol. The van der Waals surface area contributed by atoms with Crippen LogP contribution < -0.4 is 10.6 Å². The molecule has 0 aromatic heterocycles. The number of carboxylic acid groups (broad SMARTS) is 1. The Kier molecular flexibility index (Phi) is 6.37. The van der Waals surface area contributed by atoms with Crippen LogP contribution in [0, 0.1) is 5.92 Å². The predicted octanol–water partition coefficient (Wildman–Crippen LogP) is 2.91. The van der Waals surface area contributed by atoms with Crippen molar-refractivity contribution in [2.24, 2.45) is 5.92 Å². The summed E-state index contributed by atoms with van der Waals surface area (Å²) in [5, 5.41) is 14.8. The number of carboxylic acids is 1. The van der Waals surface area contributed by atoms with Gasteiger partial charge in [0.25, 0.3) is 0 Å². The highest BCUT2D eigenvalue weighted by atomic mass is 16.5. The molecule has 1 unspecified atom stereocenters. The third-order valence-corrected chi connectivity index (χ3v) is 6.36. The van der Waals surface area contributed by atoms with E-state index in [9.17, 15) is 19.5 Å². The Hall–Kier alpha value is -3.39. The lowest BCUT2D eigenvalue weighted by Gasteiger charge is -2.28. The summed E-state index contributed by atoms with van der Waals surface area (Å²) >= 11 is 0. The highest BCUT2D eigenvalue weighted by Crippen LogP contribution is 2.44. The van der Waals surface area contributed by atoms with E-state index in [0.29, 0.717) is 0 Å². The second kappa shape index (κ2) is 9.23. The Morgan fingerprint density at radius 3 is 2.21 bits per heavy atom. The van der Waals surface area contributed by atoms with Crippen molar-refractivity contribution in [3.63, 3.8) is 0 Å². The topological polar surface area (TPSA) is 114 Å². The maximum Gasteiger partial charge on any atom is 0.407 e. The van der Waals surface area contributed by atoms with Gasteiger partial charge in [-0.25, -0.2) is 9.59 Å². The monoisotopic (exact) mass is 452 g/mol. The molecule has 8 heteroatoms. The van der Waals surface area contributed by atoms with E-state index >= 15 is 0 Å². The number of nitrogens with one attached hydrogen (secondary N) is 2. The summed E-state index contributed by atoms with van der Waals surface area (Å²) in [6.45, 7) is 3.81. The van der Waals surface area contributed by atoms with Crippen LogP contribution in [0.5, 0.6) is 0 Å². The van der Waals surface area contributed by atoms with Crippen LogP contribution >= 0.6 is 0 Å². The van der Waals surface area contributed by atoms with Gasteiger partial charge in [0.15, 0.2) is 5.54 Å². The average Bonchev–Trinajstić information content (AvgIpc) is 3.39. The molecule has 4 rings (SSSR count). The zero-order valence-corrected chi connectivity index (χ0v) is 18.7. The smallest absolute Gasteiger partial charge is 0.407 e. The summed E-state index contributed by atoms with van der Waals surface area (Å²) in [4.78, 5) is 37.2. The number of hydrogen-bond donors (Lipinski definition) is 3. The first-order valence-corrected chi connectivity index (χ1v) is 11.1. The molecule has 3 N–H and O–H groups in total. The molecule has 2 atom stereocenters. The van der Waals surface area contributed by atoms with E-state index < -0.39 is 29.6 Å². The minimum atomic E-state index is -1.48. The van der Waals surface area contributed by atoms with Gasteiger partial charge in [0.2, 0.25) is 5.91 Å². The predicted molar refractivity (Wildman–Crippen MR) is 121 cm³/mol. The molecule has 2 aromatic carbocycles. The molecule has 1 fully saturated rings. The van der Waals surface area contributed by atoms with E-state index in [4.69, 9.17) is 9.47 Å². The van der Waals surface area contributed by atoms with Gasteiger partial charge in [-0.2, -0.15) is 0 Å². The quantitative estimate of drug-likeness (QED) is 0.595. The van der Waals surface area contributed by atoms with Crippen molar-refractivity contribution in [2.75, 3.05) is 19.8 Å². The van der Waals surface area contributed by atoms with Crippen LogP contribution in [-0.2, 0) is 19.1 Å². The van der Waals surface area contributed by atoms with Crippen LogP contribution in [0.25, 0.3) is 11.1 Å². The molecule has 1 aliphatic carbocycles. The molecular formula is C25H28N2O6. The summed E-state index contributed by atoms with van der Waals surface area (Å²) in [6, 6.07) is 15.1. The number of fused-ring (bicyclic) bond motifs is 3. The number of ether oxygens (including phenoxy) is 2. The molecule has 33 heavy (non-hydrogen) atoms. The van der Waals surface area contributed by atoms with Crippen molar-refractivity contribution in [3.8, 4) is 11.1 Å². The van der Waals surface area contributed by atoms with E-state index in [2.05, 4.69) is 22.8 Å². The number of carbonyl (C=O) groups excluding carboxylic acids is 2. The molecule has 2 amide bonds. The number of alkyl carbamates (subject to hydrolysis) is 1. The third kappa shape index (κ3) is 4.43. The summed E-state index contributed by atoms with van der Waals surface area (Å²) in [5.41, 5.74) is 2.95. The van der Waals surface area contributed by atoms with Crippen LogP contribution in [0.15, 0.2) is 48.5 Å². The van der Waals surface area contributed by atoms with Gasteiger partial charge in [0, 0.05) is 18.9 Å². The molecule has 2 aromatic rings. The number of hydrogen-bond acceptors (Lipinski definition) is 5. The zero-order chi connectivity index (χ0) is 23.6. The number of benzene rings is 2. The van der Waals surface area contributed by atoms with E-state index in [1.165, 1.54) is 0 Å². The molecule has 0 saturated carbocycles. The lowest BCUT2D eigenvalue weighted by molar-refractivity contribution is -0.148. The number of aliphatic carboxylic acids is 1. The second-order valence-electron chi connectivity index (χ2n) is 8.87. The fourth-order valence-electron chi connectivity index (χ4n) is 4.50. The first-order valence-electron chi connectivity index (χ1n) is 11.1. The first kappa shape index (κ1) is 22.8. The fraction of sp³-hybridized carbons (Fsp3) is 0.400. The van der Waals surface area contributed by atoms with E-state index in [1.807, 2.05) is 36.4 Å². The highest BCUT2D eigenvalue weighted by molar-refractivity contribution is 5.91. The summed E-state index contributed by atoms with van der Waals surface area (Å²) in [6.07, 6.45) is -0.554. The van der Waals surface area contributed by atoms with Gasteiger partial charge in [-0.3, -0.25) is 4.79 Å². The summed E-state index contributed by atoms with van der Waals surface area (Å²) in [5.74, 6) is -2.11. The van der Waals surface area contributed by atoms with Gasteiger partial charge in [0.05, 0.1) is 6.61 Å². The molecule has 8 nitrogen and oxygen atoms in total. The molecule has 1 aliphatic heterocycles. The lowest BCUT2D eigenvalue weighted by Crippen LogP contribution is -2.61. The maximum absolute atomic E-state index is 12.9. The van der Waals surface area contributed by atoms with Gasteiger partial charge < -0.3 is 25.2 Å². The van der Waals surface area contributed by atoms with Crippen LogP contribution in [0.4, 0.5) is 4.79 Å². The normalized spacial score (nSPS) is 20.1. The van der Waals surface area contributed by atoms with Gasteiger partial charge in [-0.15, -0.1) is 0 Å². The minimum absolute atomic E-state index is 0.0969. The standard InChI is InChI=1S/C25H28N2O6/c1-15(2)21(22(28)27-25(23(29)30)11-12-32-14-25)26-24(31)33-13-20-18-9-5-3-7-16(18)17-8-4-6-10-19(17)20/h3-10,15,20-21H,11-14H2,1-2H3,(H,26,31)(H,27,28)(H,29,30)/t21-,25?/m1/s1. The molecule has 174 valence electrons. The van der Waals surface area contributed by atoms with Crippen molar-refractivity contribution in [3.05, 3.63) is 59.7 Å². The first-order chi connectivity index (χ1) is 15.8. The maximum atomic E-state index is 12.9. The number of amides is 2. The van der Waals surface area contributed by atoms with Gasteiger partial charge >= 0.3 is 12.1 Å². The largest absolute Gasteiger partial charge is 0.479 e. The van der Waals surface area contributed by atoms with Crippen molar-refractivity contribution in [1.82, 2.24) is 10.6 Å². The Morgan fingerprint density at radius 1 is 1.09 bits per heavy atom. The minimum Gasteiger partial charge on any atom is -0.479 e. The molecule has 1 heterocycles. The van der Waals surface area contributed by atoms with Crippen molar-refractivity contribution >= 4 is 18.0 Å². The molecule has 1 saturated heterocycles. The molecule has 0 radical (unpaired) electrons. The molecule has 0 bridgehead atoms. The van der Waals surface area contributed by atoms with E-state index in [0.717, 1.165) is 22.3 Å². The molecule has 0 spiro atoms. The van der Waals surface area contributed by atoms with Crippen molar-refractivity contribution in [1.29, 1.82) is 0 Å². The van der Waals surface area contributed by atoms with Gasteiger partial charge in [0.1, 0.15) is 12.6 Å². The van der Waals surface area contributed by atoms with Gasteiger partial charge in [-0.05, 0) is 28.2 Å². The average molecular weight is 453 g/mol. The van der Waals surface area contributed by atoms with Crippen LogP contribution in [0.3, 0.4) is 0 Å². The summed E-state index contributed by atoms with van der Waals surface area (Å²) < 4.78 is 10.7. The Balaban J connectivity index is 1.42. The molecule has 2 aliphatic rings. The Labute approximate surface area is 192 Å². The highest BCUT2D eigenvalue weighted by Gasteiger charge is 2.45. The van der Waals surface area contributed by atoms with Gasteiger partial charge in [-0.1, -0.05) is 62.4 Å². The van der Waals surface area contributed by atoms with E-state index in [-0.39, 0.29) is 38.1 Å². The number of rotatable bonds is 7. The third-order valence-electron chi connectivity index (χ3n) is 6.36. The second-order valence-corrected chi connectivity index (χ2v) is 8.87. The van der Waals surface area contributed by atoms with Crippen molar-refractivity contribution < 1.29 is 29.0 Å². The van der Waals surface area contributed by atoms with Crippen molar-refractivity contribution in [2.45, 2.75) is 37.8 Å².